The molecule has 0 aliphatic heterocycles. The SMILES string of the molecule is NC(N)=O.O=S(=O)([O-])O.[Cl-].[Na+].[Na+]. The second-order valence-corrected chi connectivity index (χ2v) is 1.69. The molecule has 11 heteroatoms. The summed E-state index contributed by atoms with van der Waals surface area (Å²) in [5.74, 6) is 0. The van der Waals surface area contributed by atoms with Gasteiger partial charge < -0.3 is 28.4 Å². The maximum atomic E-state index is 9.00. The number of amides is 2. The molecule has 5 N–H and O–H groups in total. The first kappa shape index (κ1) is 29.2. The number of rotatable bonds is 0. The minimum atomic E-state index is -4.92. The van der Waals surface area contributed by atoms with E-state index >= 15 is 0 Å². The fourth-order valence-electron chi connectivity index (χ4n) is 0. The molecule has 0 rings (SSSR count). The van der Waals surface area contributed by atoms with Crippen LogP contribution >= 0.6 is 0 Å². The third kappa shape index (κ3) is 608. The van der Waals surface area contributed by atoms with E-state index in [9.17, 15) is 0 Å². The molecule has 0 saturated heterocycles. The van der Waals surface area contributed by atoms with Gasteiger partial charge in [-0.25, -0.2) is 13.2 Å². The first-order valence-electron chi connectivity index (χ1n) is 1.46. The van der Waals surface area contributed by atoms with E-state index in [4.69, 9.17) is 22.3 Å². The summed E-state index contributed by atoms with van der Waals surface area (Å²) >= 11 is 0. The van der Waals surface area contributed by atoms with E-state index in [2.05, 4.69) is 11.5 Å². The quantitative estimate of drug-likeness (QED) is 0.218. The van der Waals surface area contributed by atoms with Gasteiger partial charge in [-0.3, -0.25) is 4.55 Å². The van der Waals surface area contributed by atoms with E-state index in [0.29, 0.717) is 0 Å². The second kappa shape index (κ2) is 14.9. The molecule has 0 unspecified atom stereocenters. The zero-order chi connectivity index (χ0) is 8.08. The van der Waals surface area contributed by atoms with Gasteiger partial charge in [0.2, 0.25) is 10.4 Å². The molecule has 0 aliphatic rings. The molecule has 2 amide bonds. The molecule has 0 heterocycles. The van der Waals surface area contributed by atoms with Gasteiger partial charge in [-0.2, -0.15) is 0 Å². The second-order valence-electron chi connectivity index (χ2n) is 0.830. The molecular formula is CH5ClN2Na2O5S. The Balaban J connectivity index is -0.0000000221. The third-order valence-corrected chi connectivity index (χ3v) is 0. The normalized spacial score (nSPS) is 6.83. The Morgan fingerprint density at radius 1 is 1.25 bits per heavy atom. The van der Waals surface area contributed by atoms with E-state index in [0.717, 1.165) is 0 Å². The van der Waals surface area contributed by atoms with E-state index < -0.39 is 16.4 Å². The van der Waals surface area contributed by atoms with Gasteiger partial charge in [0.05, 0.1) is 0 Å². The van der Waals surface area contributed by atoms with Crippen LogP contribution in [-0.2, 0) is 10.4 Å². The molecule has 0 aromatic carbocycles. The maximum absolute atomic E-state index is 9.00. The first-order valence-corrected chi connectivity index (χ1v) is 2.83. The summed E-state index contributed by atoms with van der Waals surface area (Å²) < 4.78 is 32.8. The zero-order valence-electron chi connectivity index (χ0n) is 6.52. The van der Waals surface area contributed by atoms with Crippen LogP contribution in [0.5, 0.6) is 0 Å². The van der Waals surface area contributed by atoms with Crippen molar-refractivity contribution in [1.82, 2.24) is 0 Å². The molecule has 0 aliphatic carbocycles. The summed E-state index contributed by atoms with van der Waals surface area (Å²) in [5, 5.41) is 0. The molecule has 7 nitrogen and oxygen atoms in total. The largest absolute Gasteiger partial charge is 1.00 e. The minimum Gasteiger partial charge on any atom is -1.00 e. The van der Waals surface area contributed by atoms with Gasteiger partial charge in [-0.05, 0) is 0 Å². The summed E-state index contributed by atoms with van der Waals surface area (Å²) in [6, 6.07) is -0.833. The average Bonchev–Trinajstić information content (AvgIpc) is 1.19. The van der Waals surface area contributed by atoms with Crippen molar-refractivity contribution in [2.45, 2.75) is 0 Å². The number of hydrogen-bond acceptors (Lipinski definition) is 4. The number of primary amides is 2. The summed E-state index contributed by atoms with van der Waals surface area (Å²) in [6.45, 7) is 0. The average molecular weight is 239 g/mol. The van der Waals surface area contributed by atoms with Crippen LogP contribution in [0.25, 0.3) is 0 Å². The monoisotopic (exact) mass is 238 g/mol. The van der Waals surface area contributed by atoms with E-state index in [1.165, 1.54) is 0 Å². The molecule has 12 heavy (non-hydrogen) atoms. The number of urea groups is 1. The summed E-state index contributed by atoms with van der Waals surface area (Å²) in [7, 11) is -4.92. The molecule has 0 fully saturated rings. The Labute approximate surface area is 120 Å². The van der Waals surface area contributed by atoms with Gasteiger partial charge in [0.1, 0.15) is 0 Å². The van der Waals surface area contributed by atoms with E-state index in [1.54, 1.807) is 0 Å². The van der Waals surface area contributed by atoms with Crippen LogP contribution in [0.1, 0.15) is 0 Å². The van der Waals surface area contributed by atoms with Crippen molar-refractivity contribution in [3.8, 4) is 0 Å². The molecule has 0 bridgehead atoms. The Kier molecular flexibility index (Phi) is 36.3. The Hall–Kier alpha value is 1.43. The van der Waals surface area contributed by atoms with Crippen LogP contribution in [0.4, 0.5) is 4.79 Å². The van der Waals surface area contributed by atoms with Crippen molar-refractivity contribution in [3.63, 3.8) is 0 Å². The minimum absolute atomic E-state index is 0. The van der Waals surface area contributed by atoms with Crippen LogP contribution in [-0.4, -0.2) is 23.6 Å². The predicted octanol–water partition coefficient (Wildman–Crippen LogP) is -11.0. The van der Waals surface area contributed by atoms with Crippen molar-refractivity contribution >= 4 is 16.4 Å². The van der Waals surface area contributed by atoms with Crippen molar-refractivity contribution in [2.75, 3.05) is 0 Å². The van der Waals surface area contributed by atoms with Crippen LogP contribution < -0.4 is 83.0 Å². The summed E-state index contributed by atoms with van der Waals surface area (Å²) in [5.41, 5.74) is 8.50. The Morgan fingerprint density at radius 2 is 1.25 bits per heavy atom. The van der Waals surface area contributed by atoms with Gasteiger partial charge in [0, 0.05) is 0 Å². The first-order chi connectivity index (χ1) is 3.73. The third-order valence-electron chi connectivity index (χ3n) is 0. The smallest absolute Gasteiger partial charge is 1.00 e. The topological polar surface area (TPSA) is 147 Å². The van der Waals surface area contributed by atoms with Gasteiger partial charge in [0.25, 0.3) is 0 Å². The Bertz CT molecular complexity index is 170. The van der Waals surface area contributed by atoms with Crippen molar-refractivity contribution in [3.05, 3.63) is 0 Å². The van der Waals surface area contributed by atoms with Crippen molar-refractivity contribution in [2.24, 2.45) is 11.5 Å². The zero-order valence-corrected chi connectivity index (χ0v) is 12.1. The molecule has 64 valence electrons. The molecule has 0 atom stereocenters. The predicted molar refractivity (Wildman–Crippen MR) is 26.1 cm³/mol. The van der Waals surface area contributed by atoms with Crippen LogP contribution in [0.3, 0.4) is 0 Å². The fourth-order valence-corrected chi connectivity index (χ4v) is 0. The number of halogens is 1. The number of carbonyl (C=O) groups is 1. The van der Waals surface area contributed by atoms with Gasteiger partial charge in [-0.1, -0.05) is 0 Å². The van der Waals surface area contributed by atoms with Crippen LogP contribution in [0, 0.1) is 0 Å². The summed E-state index contributed by atoms with van der Waals surface area (Å²) in [6.07, 6.45) is 0. The van der Waals surface area contributed by atoms with Gasteiger partial charge >= 0.3 is 65.1 Å². The van der Waals surface area contributed by atoms with Crippen molar-refractivity contribution in [1.29, 1.82) is 0 Å². The number of nitrogens with two attached hydrogens (primary N) is 2. The molecule has 0 saturated carbocycles. The maximum Gasteiger partial charge on any atom is 1.00 e. The number of carbonyl (C=O) groups excluding carboxylic acids is 1. The summed E-state index contributed by atoms with van der Waals surface area (Å²) in [4.78, 5) is 9.00. The molecule has 0 aromatic rings. The fraction of sp³-hybridized carbons (Fsp3) is 0. The van der Waals surface area contributed by atoms with E-state index in [-0.39, 0.29) is 71.5 Å². The molecule has 0 radical (unpaired) electrons. The van der Waals surface area contributed by atoms with Crippen LogP contribution in [0.15, 0.2) is 0 Å². The van der Waals surface area contributed by atoms with Gasteiger partial charge in [-0.15, -0.1) is 0 Å². The number of hydrogen-bond donors (Lipinski definition) is 3. The van der Waals surface area contributed by atoms with Gasteiger partial charge in [0.15, 0.2) is 0 Å². The molecule has 0 aromatic heterocycles. The Morgan fingerprint density at radius 3 is 1.25 bits per heavy atom. The van der Waals surface area contributed by atoms with E-state index in [1.807, 2.05) is 0 Å². The van der Waals surface area contributed by atoms with Crippen LogP contribution in [0.2, 0.25) is 0 Å². The molecular weight excluding hydrogens is 234 g/mol. The van der Waals surface area contributed by atoms with Crippen molar-refractivity contribution < 1.29 is 93.8 Å². The molecule has 0 spiro atoms. The standard InChI is InChI=1S/CH4N2O.ClH.2Na.H2O4S/c2-1(3)4;;;;1-5(2,3)4/h(H4,2,3,4);1H;;;(H2,1,2,3,4)/q;;2*+1;/p-2.